The van der Waals surface area contributed by atoms with Gasteiger partial charge in [0, 0.05) is 4.90 Å². The summed E-state index contributed by atoms with van der Waals surface area (Å²) < 4.78 is 5.16. The van der Waals surface area contributed by atoms with Gasteiger partial charge in [0.2, 0.25) is 0 Å². The van der Waals surface area contributed by atoms with Crippen LogP contribution in [0.3, 0.4) is 0 Å². The summed E-state index contributed by atoms with van der Waals surface area (Å²) in [7, 11) is 0. The van der Waals surface area contributed by atoms with Crippen molar-refractivity contribution in [3.8, 4) is 0 Å². The van der Waals surface area contributed by atoms with Crippen LogP contribution in [-0.2, 0) is 14.3 Å². The van der Waals surface area contributed by atoms with Crippen LogP contribution in [0.15, 0.2) is 35.2 Å². The van der Waals surface area contributed by atoms with E-state index in [2.05, 4.69) is 0 Å². The van der Waals surface area contributed by atoms with E-state index in [9.17, 15) is 9.59 Å². The van der Waals surface area contributed by atoms with Gasteiger partial charge in [0.25, 0.3) is 0 Å². The van der Waals surface area contributed by atoms with Crippen molar-refractivity contribution in [1.29, 1.82) is 0 Å². The Morgan fingerprint density at radius 3 is 2.57 bits per heavy atom. The first kappa shape index (κ1) is 16.6. The molecule has 2 aliphatic carbocycles. The number of esters is 1. The first-order chi connectivity index (χ1) is 11.2. The van der Waals surface area contributed by atoms with Crippen molar-refractivity contribution in [2.24, 2.45) is 11.3 Å². The summed E-state index contributed by atoms with van der Waals surface area (Å²) >= 11 is 1.65. The summed E-state index contributed by atoms with van der Waals surface area (Å²) in [5.74, 6) is -0.799. The second kappa shape index (κ2) is 7.08. The summed E-state index contributed by atoms with van der Waals surface area (Å²) in [5, 5.41) is -0.111. The van der Waals surface area contributed by atoms with Crippen molar-refractivity contribution in [2.45, 2.75) is 55.6 Å². The summed E-state index contributed by atoms with van der Waals surface area (Å²) in [5.41, 5.74) is -0.0206. The average Bonchev–Trinajstić information content (AvgIpc) is 2.83. The van der Waals surface area contributed by atoms with Crippen molar-refractivity contribution in [3.05, 3.63) is 30.3 Å². The molecular weight excluding hydrogens is 308 g/mol. The highest BCUT2D eigenvalue weighted by molar-refractivity contribution is 8.00. The fraction of sp³-hybridized carbons (Fsp3) is 0.579. The normalized spacial score (nSPS) is 26.4. The lowest BCUT2D eigenvalue weighted by Gasteiger charge is -2.37. The maximum absolute atomic E-state index is 13.0. The van der Waals surface area contributed by atoms with Gasteiger partial charge in [-0.15, -0.1) is 11.8 Å². The standard InChI is InChI=1S/C19H24O3S/c1-2-22-18(21)15-13-19(11-7-4-8-12-19)17(16(15)20)23-14-9-5-3-6-10-14/h3,5-6,9-10,15,17H,2,4,7-8,11-13H2,1H3/t15-,17-/m0/s1. The van der Waals surface area contributed by atoms with Crippen LogP contribution >= 0.6 is 11.8 Å². The number of Topliss-reactive ketones (excluding diaryl/α,β-unsaturated/α-hetero) is 1. The van der Waals surface area contributed by atoms with E-state index >= 15 is 0 Å². The zero-order valence-corrected chi connectivity index (χ0v) is 14.4. The molecule has 1 aromatic rings. The minimum atomic E-state index is -0.561. The van der Waals surface area contributed by atoms with Crippen molar-refractivity contribution < 1.29 is 14.3 Å². The number of rotatable bonds is 4. The van der Waals surface area contributed by atoms with E-state index in [4.69, 9.17) is 4.74 Å². The molecule has 0 N–H and O–H groups in total. The predicted octanol–water partition coefficient (Wildman–Crippen LogP) is 4.25. The fourth-order valence-corrected chi connectivity index (χ4v) is 5.53. The Labute approximate surface area is 142 Å². The first-order valence-electron chi connectivity index (χ1n) is 8.58. The second-order valence-electron chi connectivity index (χ2n) is 6.65. The molecule has 2 atom stereocenters. The quantitative estimate of drug-likeness (QED) is 0.611. The molecule has 2 fully saturated rings. The highest BCUT2D eigenvalue weighted by atomic mass is 32.2. The average molecular weight is 332 g/mol. The van der Waals surface area contributed by atoms with Crippen molar-refractivity contribution in [1.82, 2.24) is 0 Å². The van der Waals surface area contributed by atoms with Gasteiger partial charge in [-0.05, 0) is 43.7 Å². The highest BCUT2D eigenvalue weighted by Gasteiger charge is 2.56. The third kappa shape index (κ3) is 3.32. The van der Waals surface area contributed by atoms with Gasteiger partial charge >= 0.3 is 5.97 Å². The summed E-state index contributed by atoms with van der Waals surface area (Å²) in [6.07, 6.45) is 6.35. The van der Waals surface area contributed by atoms with E-state index in [0.29, 0.717) is 13.0 Å². The molecule has 23 heavy (non-hydrogen) atoms. The van der Waals surface area contributed by atoms with Gasteiger partial charge in [0.05, 0.1) is 11.9 Å². The Balaban J connectivity index is 1.86. The Hall–Kier alpha value is -1.29. The molecular formula is C19H24O3S. The summed E-state index contributed by atoms with van der Waals surface area (Å²) in [6, 6.07) is 10.1. The molecule has 4 heteroatoms. The molecule has 3 nitrogen and oxygen atoms in total. The third-order valence-electron chi connectivity index (χ3n) is 5.19. The molecule has 0 radical (unpaired) electrons. The molecule has 1 aromatic carbocycles. The Morgan fingerprint density at radius 2 is 1.91 bits per heavy atom. The van der Waals surface area contributed by atoms with E-state index in [1.54, 1.807) is 18.7 Å². The minimum absolute atomic E-state index is 0.0206. The van der Waals surface area contributed by atoms with Crippen molar-refractivity contribution >= 4 is 23.5 Å². The van der Waals surface area contributed by atoms with E-state index < -0.39 is 5.92 Å². The van der Waals surface area contributed by atoms with Crippen LogP contribution in [0.4, 0.5) is 0 Å². The van der Waals surface area contributed by atoms with Crippen molar-refractivity contribution in [3.63, 3.8) is 0 Å². The van der Waals surface area contributed by atoms with Gasteiger partial charge in [-0.3, -0.25) is 9.59 Å². The van der Waals surface area contributed by atoms with Crippen LogP contribution in [-0.4, -0.2) is 23.6 Å². The number of thioether (sulfide) groups is 1. The zero-order valence-electron chi connectivity index (χ0n) is 13.6. The molecule has 0 unspecified atom stereocenters. The van der Waals surface area contributed by atoms with Gasteiger partial charge in [-0.25, -0.2) is 0 Å². The van der Waals surface area contributed by atoms with Crippen LogP contribution in [0, 0.1) is 11.3 Å². The van der Waals surface area contributed by atoms with Gasteiger partial charge in [0.1, 0.15) is 5.92 Å². The summed E-state index contributed by atoms with van der Waals surface area (Å²) in [6.45, 7) is 2.13. The molecule has 0 amide bonds. The minimum Gasteiger partial charge on any atom is -0.465 e. The predicted molar refractivity (Wildman–Crippen MR) is 91.4 cm³/mol. The highest BCUT2D eigenvalue weighted by Crippen LogP contribution is 2.55. The lowest BCUT2D eigenvalue weighted by molar-refractivity contribution is -0.150. The molecule has 3 rings (SSSR count). The second-order valence-corrected chi connectivity index (χ2v) is 7.82. The lowest BCUT2D eigenvalue weighted by atomic mass is 9.72. The van der Waals surface area contributed by atoms with Crippen LogP contribution in [0.2, 0.25) is 0 Å². The maximum Gasteiger partial charge on any atom is 0.316 e. The first-order valence-corrected chi connectivity index (χ1v) is 9.46. The van der Waals surface area contributed by atoms with E-state index in [0.717, 1.165) is 30.6 Å². The number of carbonyl (C=O) groups excluding carboxylic acids is 2. The largest absolute Gasteiger partial charge is 0.465 e. The summed E-state index contributed by atoms with van der Waals surface area (Å²) in [4.78, 5) is 26.3. The molecule has 2 aliphatic rings. The lowest BCUT2D eigenvalue weighted by Crippen LogP contribution is -2.33. The van der Waals surface area contributed by atoms with Crippen molar-refractivity contribution in [2.75, 3.05) is 6.61 Å². The molecule has 2 saturated carbocycles. The Kier molecular flexibility index (Phi) is 5.10. The van der Waals surface area contributed by atoms with Gasteiger partial charge in [-0.2, -0.15) is 0 Å². The Morgan fingerprint density at radius 1 is 1.22 bits per heavy atom. The number of ether oxygens (including phenoxy) is 1. The molecule has 0 heterocycles. The van der Waals surface area contributed by atoms with Gasteiger partial charge in [-0.1, -0.05) is 37.5 Å². The molecule has 0 saturated heterocycles. The topological polar surface area (TPSA) is 43.4 Å². The molecule has 124 valence electrons. The SMILES string of the molecule is CCOC(=O)[C@H]1CC2(CCCCC2)[C@@H](Sc2ccccc2)C1=O. The van der Waals surface area contributed by atoms with E-state index in [-0.39, 0.29) is 22.4 Å². The Bertz CT molecular complexity index is 563. The maximum atomic E-state index is 13.0. The number of hydrogen-bond acceptors (Lipinski definition) is 4. The number of ketones is 1. The monoisotopic (exact) mass is 332 g/mol. The smallest absolute Gasteiger partial charge is 0.316 e. The van der Waals surface area contributed by atoms with E-state index in [1.165, 1.54) is 6.42 Å². The number of carbonyl (C=O) groups is 2. The van der Waals surface area contributed by atoms with Crippen LogP contribution in [0.1, 0.15) is 45.4 Å². The van der Waals surface area contributed by atoms with Gasteiger partial charge in [0.15, 0.2) is 5.78 Å². The third-order valence-corrected chi connectivity index (χ3v) is 6.70. The zero-order chi connectivity index (χ0) is 16.3. The molecule has 0 aromatic heterocycles. The van der Waals surface area contributed by atoms with Crippen LogP contribution < -0.4 is 0 Å². The molecule has 0 bridgehead atoms. The van der Waals surface area contributed by atoms with E-state index in [1.807, 2.05) is 30.3 Å². The van der Waals surface area contributed by atoms with Crippen LogP contribution in [0.25, 0.3) is 0 Å². The molecule has 0 aliphatic heterocycles. The fourth-order valence-electron chi connectivity index (χ4n) is 4.08. The number of benzene rings is 1. The van der Waals surface area contributed by atoms with Gasteiger partial charge < -0.3 is 4.74 Å². The number of hydrogen-bond donors (Lipinski definition) is 0. The van der Waals surface area contributed by atoms with Crippen LogP contribution in [0.5, 0.6) is 0 Å². The molecule has 1 spiro atoms.